The molecule has 1 aliphatic heterocycles. The van der Waals surface area contributed by atoms with E-state index in [2.05, 4.69) is 29.3 Å². The fourth-order valence-electron chi connectivity index (χ4n) is 1.05. The highest BCUT2D eigenvalue weighted by Crippen LogP contribution is 2.05. The van der Waals surface area contributed by atoms with Crippen LogP contribution in [0.1, 0.15) is 6.92 Å². The smallest absolute Gasteiger partial charge is 0.315 e. The van der Waals surface area contributed by atoms with E-state index in [1.165, 1.54) is 0 Å². The highest BCUT2D eigenvalue weighted by atomic mass is 15.2. The van der Waals surface area contributed by atoms with Crippen molar-refractivity contribution in [2.45, 2.75) is 6.92 Å². The van der Waals surface area contributed by atoms with E-state index < -0.39 is 0 Å². The van der Waals surface area contributed by atoms with E-state index in [1.807, 2.05) is 13.1 Å². The molecule has 1 aliphatic rings. The first kappa shape index (κ1) is 7.35. The monoisotopic (exact) mass is 137 g/mol. The summed E-state index contributed by atoms with van der Waals surface area (Å²) in [7, 11) is 1.83. The Kier molecular flexibility index (Phi) is 2.51. The van der Waals surface area contributed by atoms with E-state index in [1.54, 1.807) is 0 Å². The van der Waals surface area contributed by atoms with Gasteiger partial charge in [-0.3, -0.25) is 0 Å². The van der Waals surface area contributed by atoms with Crippen LogP contribution in [0.15, 0.2) is 24.0 Å². The molecule has 0 aromatic rings. The molecular weight excluding hydrogens is 124 g/mol. The summed E-state index contributed by atoms with van der Waals surface area (Å²) in [6, 6.07) is 0. The van der Waals surface area contributed by atoms with E-state index in [9.17, 15) is 0 Å². The van der Waals surface area contributed by atoms with Crippen molar-refractivity contribution in [3.05, 3.63) is 24.0 Å². The van der Waals surface area contributed by atoms with Crippen molar-refractivity contribution < 1.29 is 0 Å². The van der Waals surface area contributed by atoms with Crippen molar-refractivity contribution >= 4 is 0 Å². The van der Waals surface area contributed by atoms with Gasteiger partial charge >= 0.3 is 5.82 Å². The Morgan fingerprint density at radius 2 is 2.50 bits per heavy atom. The molecule has 0 unspecified atom stereocenters. The topological polar surface area (TPSA) is 17.3 Å². The van der Waals surface area contributed by atoms with Crippen LogP contribution in [0.2, 0.25) is 0 Å². The number of allylic oxidation sites excluding steroid dienone is 2. The van der Waals surface area contributed by atoms with Crippen molar-refractivity contribution in [1.29, 1.82) is 0 Å². The van der Waals surface area contributed by atoms with Gasteiger partial charge in [-0.05, 0) is 6.92 Å². The Labute approximate surface area is 62.2 Å². The normalized spacial score (nSPS) is 17.4. The van der Waals surface area contributed by atoms with E-state index in [0.717, 1.165) is 18.9 Å². The minimum atomic E-state index is 1.000. The van der Waals surface area contributed by atoms with Gasteiger partial charge in [0.25, 0.3) is 0 Å². The van der Waals surface area contributed by atoms with Gasteiger partial charge in [0.1, 0.15) is 5.32 Å². The highest BCUT2D eigenvalue weighted by Gasteiger charge is 2.16. The zero-order valence-corrected chi connectivity index (χ0v) is 6.54. The minimum Gasteiger partial charge on any atom is -0.316 e. The maximum absolute atomic E-state index is 4.14. The Morgan fingerprint density at radius 3 is 3.00 bits per heavy atom. The van der Waals surface area contributed by atoms with Crippen molar-refractivity contribution in [3.8, 4) is 0 Å². The van der Waals surface area contributed by atoms with Crippen LogP contribution in [0.25, 0.3) is 0 Å². The standard InChI is InChI=1S/C8H13N2/c1-3-10-7-5-4-6-8(10)9-2/h4-6H,3,7H2,1-2H3/q+1. The number of likely N-dealkylation sites (N-methyl/N-ethyl adjacent to an activating group) is 1. The molecule has 0 aromatic heterocycles. The van der Waals surface area contributed by atoms with Gasteiger partial charge < -0.3 is 4.90 Å². The molecule has 0 N–H and O–H groups in total. The quantitative estimate of drug-likeness (QED) is 0.554. The second kappa shape index (κ2) is 3.42. The highest BCUT2D eigenvalue weighted by molar-refractivity contribution is 5.15. The maximum atomic E-state index is 4.14. The van der Waals surface area contributed by atoms with Crippen LogP contribution in [-0.4, -0.2) is 25.0 Å². The lowest BCUT2D eigenvalue weighted by molar-refractivity contribution is 0.371. The zero-order chi connectivity index (χ0) is 7.40. The zero-order valence-electron chi connectivity index (χ0n) is 6.54. The fraction of sp³-hybridized carbons (Fsp3) is 0.500. The third-order valence-corrected chi connectivity index (χ3v) is 1.64. The molecule has 0 saturated carbocycles. The van der Waals surface area contributed by atoms with Gasteiger partial charge in [0.15, 0.2) is 7.05 Å². The Hall–Kier alpha value is -0.760. The lowest BCUT2D eigenvalue weighted by atomic mass is 10.3. The lowest BCUT2D eigenvalue weighted by Gasteiger charge is -2.17. The van der Waals surface area contributed by atoms with Crippen LogP contribution in [0, 0.1) is 0 Å². The molecule has 2 heteroatoms. The predicted molar refractivity (Wildman–Crippen MR) is 42.5 cm³/mol. The molecule has 1 rings (SSSR count). The first-order valence-corrected chi connectivity index (χ1v) is 3.60. The van der Waals surface area contributed by atoms with Gasteiger partial charge in [0, 0.05) is 19.2 Å². The van der Waals surface area contributed by atoms with E-state index in [-0.39, 0.29) is 0 Å². The molecular formula is C8H13N2+. The first-order chi connectivity index (χ1) is 4.88. The molecule has 54 valence electrons. The molecule has 0 bridgehead atoms. The number of hydrogen-bond acceptors (Lipinski definition) is 1. The average Bonchev–Trinajstić information content (AvgIpc) is 2.04. The molecule has 0 fully saturated rings. The predicted octanol–water partition coefficient (Wildman–Crippen LogP) is 0.954. The summed E-state index contributed by atoms with van der Waals surface area (Å²) in [6.45, 7) is 4.17. The fourth-order valence-corrected chi connectivity index (χ4v) is 1.05. The molecule has 1 heterocycles. The van der Waals surface area contributed by atoms with Gasteiger partial charge in [0.05, 0.1) is 0 Å². The molecule has 2 nitrogen and oxygen atoms in total. The third kappa shape index (κ3) is 1.39. The van der Waals surface area contributed by atoms with Crippen molar-refractivity contribution in [3.63, 3.8) is 0 Å². The Morgan fingerprint density at radius 1 is 1.70 bits per heavy atom. The summed E-state index contributed by atoms with van der Waals surface area (Å²) in [6.07, 6.45) is 6.22. The van der Waals surface area contributed by atoms with Crippen LogP contribution in [0.4, 0.5) is 0 Å². The summed E-state index contributed by atoms with van der Waals surface area (Å²) in [5, 5.41) is 4.14. The molecule has 0 aromatic carbocycles. The van der Waals surface area contributed by atoms with E-state index in [4.69, 9.17) is 0 Å². The largest absolute Gasteiger partial charge is 0.316 e. The Bertz CT molecular complexity index is 159. The minimum absolute atomic E-state index is 1.000. The number of hydrogen-bond donors (Lipinski definition) is 0. The molecule has 0 atom stereocenters. The van der Waals surface area contributed by atoms with Crippen LogP contribution in [-0.2, 0) is 0 Å². The van der Waals surface area contributed by atoms with Crippen LogP contribution < -0.4 is 5.32 Å². The summed E-state index contributed by atoms with van der Waals surface area (Å²) < 4.78 is 0. The Balaban J connectivity index is 2.61. The molecule has 0 spiro atoms. The summed E-state index contributed by atoms with van der Waals surface area (Å²) in [4.78, 5) is 2.22. The van der Waals surface area contributed by atoms with E-state index >= 15 is 0 Å². The second-order valence-electron chi connectivity index (χ2n) is 2.22. The van der Waals surface area contributed by atoms with Gasteiger partial charge in [-0.15, -0.1) is 0 Å². The third-order valence-electron chi connectivity index (χ3n) is 1.64. The lowest BCUT2D eigenvalue weighted by Crippen LogP contribution is -2.28. The first-order valence-electron chi connectivity index (χ1n) is 3.60. The molecule has 2 radical (unpaired) electrons. The van der Waals surface area contributed by atoms with Gasteiger partial charge in [0.2, 0.25) is 0 Å². The summed E-state index contributed by atoms with van der Waals surface area (Å²) in [5.74, 6) is 1.09. The van der Waals surface area contributed by atoms with Gasteiger partial charge in [-0.1, -0.05) is 12.2 Å². The maximum Gasteiger partial charge on any atom is 0.315 e. The molecule has 0 aliphatic carbocycles. The van der Waals surface area contributed by atoms with Crippen LogP contribution >= 0.6 is 0 Å². The van der Waals surface area contributed by atoms with E-state index in [0.29, 0.717) is 0 Å². The van der Waals surface area contributed by atoms with Gasteiger partial charge in [-0.25, -0.2) is 0 Å². The van der Waals surface area contributed by atoms with Crippen LogP contribution in [0.3, 0.4) is 0 Å². The van der Waals surface area contributed by atoms with Gasteiger partial charge in [-0.2, -0.15) is 0 Å². The molecule has 0 saturated heterocycles. The summed E-state index contributed by atoms with van der Waals surface area (Å²) in [5.41, 5.74) is 0. The number of rotatable bonds is 2. The van der Waals surface area contributed by atoms with Crippen molar-refractivity contribution in [1.82, 2.24) is 10.2 Å². The van der Waals surface area contributed by atoms with Crippen molar-refractivity contribution in [2.24, 2.45) is 0 Å². The van der Waals surface area contributed by atoms with Crippen molar-refractivity contribution in [2.75, 3.05) is 20.1 Å². The number of nitrogens with zero attached hydrogens (tertiary/aromatic N) is 2. The summed E-state index contributed by atoms with van der Waals surface area (Å²) >= 11 is 0. The molecule has 0 amide bonds. The SMILES string of the molecule is CCN1CC=CC=C1[N+]C. The molecule has 10 heavy (non-hydrogen) atoms. The second-order valence-corrected chi connectivity index (χ2v) is 2.22. The van der Waals surface area contributed by atoms with Crippen LogP contribution in [0.5, 0.6) is 0 Å². The average molecular weight is 137 g/mol.